The number of aryl methyl sites for hydroxylation is 1. The van der Waals surface area contributed by atoms with E-state index in [1.165, 1.54) is 0 Å². The van der Waals surface area contributed by atoms with Crippen LogP contribution in [0.25, 0.3) is 11.5 Å². The van der Waals surface area contributed by atoms with E-state index >= 15 is 0 Å². The average molecular weight is 315 g/mol. The van der Waals surface area contributed by atoms with E-state index in [9.17, 15) is 9.59 Å². The standard InChI is InChI=1S/C17H21N3O3/c1-4-10-18-15(21)11(2)19-16(22)14-12(3)23-17(20-14)13-8-6-5-7-9-13/h5-9,11H,4,10H2,1-3H3,(H,18,21)(H,19,22)/t11-/m0/s1. The highest BCUT2D eigenvalue weighted by atomic mass is 16.4. The highest BCUT2D eigenvalue weighted by molar-refractivity contribution is 5.97. The molecule has 1 heterocycles. The predicted molar refractivity (Wildman–Crippen MR) is 86.9 cm³/mol. The van der Waals surface area contributed by atoms with Gasteiger partial charge in [0.15, 0.2) is 5.69 Å². The van der Waals surface area contributed by atoms with Crippen LogP contribution in [0.3, 0.4) is 0 Å². The zero-order chi connectivity index (χ0) is 16.8. The van der Waals surface area contributed by atoms with Crippen LogP contribution in [0.1, 0.15) is 36.5 Å². The molecule has 0 radical (unpaired) electrons. The van der Waals surface area contributed by atoms with Gasteiger partial charge in [-0.15, -0.1) is 0 Å². The minimum absolute atomic E-state index is 0.194. The quantitative estimate of drug-likeness (QED) is 0.856. The fraction of sp³-hybridized carbons (Fsp3) is 0.353. The maximum Gasteiger partial charge on any atom is 0.274 e. The first-order chi connectivity index (χ1) is 11.0. The number of oxazole rings is 1. The Labute approximate surface area is 135 Å². The number of aromatic nitrogens is 1. The summed E-state index contributed by atoms with van der Waals surface area (Å²) in [6, 6.07) is 8.71. The number of benzene rings is 1. The van der Waals surface area contributed by atoms with Gasteiger partial charge in [0.25, 0.3) is 5.91 Å². The summed E-state index contributed by atoms with van der Waals surface area (Å²) in [5.41, 5.74) is 0.988. The highest BCUT2D eigenvalue weighted by Gasteiger charge is 2.21. The van der Waals surface area contributed by atoms with Gasteiger partial charge in [0, 0.05) is 12.1 Å². The lowest BCUT2D eigenvalue weighted by atomic mass is 10.2. The Morgan fingerprint density at radius 1 is 1.26 bits per heavy atom. The molecule has 0 spiro atoms. The molecule has 0 fully saturated rings. The Kier molecular flexibility index (Phi) is 5.51. The molecule has 2 aromatic rings. The fourth-order valence-corrected chi connectivity index (χ4v) is 2.04. The minimum Gasteiger partial charge on any atom is -0.441 e. The second-order valence-corrected chi connectivity index (χ2v) is 5.28. The predicted octanol–water partition coefficient (Wildman–Crippen LogP) is 2.29. The number of hydrogen-bond acceptors (Lipinski definition) is 4. The third kappa shape index (κ3) is 4.18. The minimum atomic E-state index is -0.634. The largest absolute Gasteiger partial charge is 0.441 e. The summed E-state index contributed by atoms with van der Waals surface area (Å²) in [4.78, 5) is 28.3. The van der Waals surface area contributed by atoms with Gasteiger partial charge in [-0.1, -0.05) is 25.1 Å². The summed E-state index contributed by atoms with van der Waals surface area (Å²) in [7, 11) is 0. The molecule has 2 rings (SSSR count). The van der Waals surface area contributed by atoms with Crippen LogP contribution in [0.2, 0.25) is 0 Å². The van der Waals surface area contributed by atoms with E-state index < -0.39 is 11.9 Å². The molecule has 1 aromatic carbocycles. The smallest absolute Gasteiger partial charge is 0.274 e. The summed E-state index contributed by atoms with van der Waals surface area (Å²) >= 11 is 0. The van der Waals surface area contributed by atoms with Gasteiger partial charge in [0.2, 0.25) is 11.8 Å². The summed E-state index contributed by atoms with van der Waals surface area (Å²) in [5, 5.41) is 5.37. The van der Waals surface area contributed by atoms with Crippen molar-refractivity contribution in [2.45, 2.75) is 33.2 Å². The molecule has 122 valence electrons. The maximum absolute atomic E-state index is 12.3. The molecular weight excluding hydrogens is 294 g/mol. The van der Waals surface area contributed by atoms with Crippen molar-refractivity contribution in [2.75, 3.05) is 6.54 Å². The van der Waals surface area contributed by atoms with Crippen LogP contribution in [0.5, 0.6) is 0 Å². The first-order valence-electron chi connectivity index (χ1n) is 7.64. The average Bonchev–Trinajstić information content (AvgIpc) is 2.95. The fourth-order valence-electron chi connectivity index (χ4n) is 2.04. The normalized spacial score (nSPS) is 11.8. The van der Waals surface area contributed by atoms with Crippen molar-refractivity contribution >= 4 is 11.8 Å². The van der Waals surface area contributed by atoms with E-state index in [4.69, 9.17) is 4.42 Å². The number of nitrogens with one attached hydrogen (secondary N) is 2. The number of nitrogens with zero attached hydrogens (tertiary/aromatic N) is 1. The number of amides is 2. The second kappa shape index (κ2) is 7.58. The lowest BCUT2D eigenvalue weighted by Crippen LogP contribution is -2.45. The van der Waals surface area contributed by atoms with E-state index in [1.54, 1.807) is 13.8 Å². The molecule has 0 bridgehead atoms. The molecule has 23 heavy (non-hydrogen) atoms. The number of carbonyl (C=O) groups is 2. The second-order valence-electron chi connectivity index (χ2n) is 5.28. The molecule has 0 aliphatic rings. The third-order valence-corrected chi connectivity index (χ3v) is 3.32. The summed E-state index contributed by atoms with van der Waals surface area (Å²) < 4.78 is 5.56. The van der Waals surface area contributed by atoms with Gasteiger partial charge < -0.3 is 15.1 Å². The zero-order valence-electron chi connectivity index (χ0n) is 13.6. The molecule has 1 atom stereocenters. The van der Waals surface area contributed by atoms with Gasteiger partial charge >= 0.3 is 0 Å². The molecule has 6 heteroatoms. The van der Waals surface area contributed by atoms with Crippen LogP contribution in [0, 0.1) is 6.92 Å². The monoisotopic (exact) mass is 315 g/mol. The molecule has 2 amide bonds. The molecule has 0 aliphatic heterocycles. The molecule has 0 saturated carbocycles. The van der Waals surface area contributed by atoms with Crippen molar-refractivity contribution < 1.29 is 14.0 Å². The Morgan fingerprint density at radius 3 is 2.61 bits per heavy atom. The maximum atomic E-state index is 12.3. The van der Waals surface area contributed by atoms with E-state index in [2.05, 4.69) is 15.6 Å². The summed E-state index contributed by atoms with van der Waals surface area (Å²) in [6.07, 6.45) is 0.842. The van der Waals surface area contributed by atoms with Crippen LogP contribution in [0.4, 0.5) is 0 Å². The molecule has 6 nitrogen and oxygen atoms in total. The Hall–Kier alpha value is -2.63. The number of hydrogen-bond donors (Lipinski definition) is 2. The zero-order valence-corrected chi connectivity index (χ0v) is 13.6. The van der Waals surface area contributed by atoms with Crippen LogP contribution in [0.15, 0.2) is 34.7 Å². The van der Waals surface area contributed by atoms with Gasteiger partial charge in [-0.2, -0.15) is 0 Å². The van der Waals surface area contributed by atoms with Gasteiger partial charge in [-0.3, -0.25) is 9.59 Å². The van der Waals surface area contributed by atoms with Crippen molar-refractivity contribution in [1.29, 1.82) is 0 Å². The first kappa shape index (κ1) is 16.7. The van der Waals surface area contributed by atoms with Gasteiger partial charge in [0.1, 0.15) is 11.8 Å². The van der Waals surface area contributed by atoms with Crippen molar-refractivity contribution in [3.63, 3.8) is 0 Å². The molecule has 0 unspecified atom stereocenters. The first-order valence-corrected chi connectivity index (χ1v) is 7.64. The summed E-state index contributed by atoms with van der Waals surface area (Å²) in [6.45, 7) is 5.86. The van der Waals surface area contributed by atoms with E-state index in [0.717, 1.165) is 12.0 Å². The highest BCUT2D eigenvalue weighted by Crippen LogP contribution is 2.21. The lowest BCUT2D eigenvalue weighted by Gasteiger charge is -2.12. The van der Waals surface area contributed by atoms with Gasteiger partial charge in [-0.05, 0) is 32.4 Å². The lowest BCUT2D eigenvalue weighted by molar-refractivity contribution is -0.122. The van der Waals surface area contributed by atoms with E-state index in [1.807, 2.05) is 37.3 Å². The SMILES string of the molecule is CCCNC(=O)[C@H](C)NC(=O)c1nc(-c2ccccc2)oc1C. The number of rotatable bonds is 6. The Balaban J connectivity index is 2.08. The van der Waals surface area contributed by atoms with Crippen LogP contribution in [-0.2, 0) is 4.79 Å². The number of carbonyl (C=O) groups excluding carboxylic acids is 2. The van der Waals surface area contributed by atoms with Gasteiger partial charge in [0.05, 0.1) is 0 Å². The molecule has 0 saturated heterocycles. The van der Waals surface area contributed by atoms with Crippen LogP contribution in [-0.4, -0.2) is 29.4 Å². The van der Waals surface area contributed by atoms with Crippen LogP contribution < -0.4 is 10.6 Å². The van der Waals surface area contributed by atoms with Crippen molar-refractivity contribution in [3.8, 4) is 11.5 Å². The molecular formula is C17H21N3O3. The van der Waals surface area contributed by atoms with Crippen LogP contribution >= 0.6 is 0 Å². The summed E-state index contributed by atoms with van der Waals surface area (Å²) in [5.74, 6) is 0.163. The van der Waals surface area contributed by atoms with E-state index in [0.29, 0.717) is 18.2 Å². The van der Waals surface area contributed by atoms with Gasteiger partial charge in [-0.25, -0.2) is 4.98 Å². The molecule has 0 aliphatic carbocycles. The Morgan fingerprint density at radius 2 is 1.96 bits per heavy atom. The van der Waals surface area contributed by atoms with Crippen molar-refractivity contribution in [3.05, 3.63) is 41.8 Å². The van der Waals surface area contributed by atoms with Crippen molar-refractivity contribution in [1.82, 2.24) is 15.6 Å². The Bertz CT molecular complexity index is 680. The van der Waals surface area contributed by atoms with Crippen molar-refractivity contribution in [2.24, 2.45) is 0 Å². The third-order valence-electron chi connectivity index (χ3n) is 3.32. The topological polar surface area (TPSA) is 84.2 Å². The molecule has 2 N–H and O–H groups in total. The van der Waals surface area contributed by atoms with E-state index in [-0.39, 0.29) is 11.6 Å². The molecule has 1 aromatic heterocycles.